The Morgan fingerprint density at radius 3 is 2.45 bits per heavy atom. The van der Waals surface area contributed by atoms with Gasteiger partial charge in [0.2, 0.25) is 10.0 Å². The Labute approximate surface area is 123 Å². The van der Waals surface area contributed by atoms with Crippen LogP contribution in [0.1, 0.15) is 38.8 Å². The molecule has 0 amide bonds. The summed E-state index contributed by atoms with van der Waals surface area (Å²) >= 11 is 0. The lowest BCUT2D eigenvalue weighted by atomic mass is 10.1. The van der Waals surface area contributed by atoms with Gasteiger partial charge in [0.15, 0.2) is 0 Å². The summed E-state index contributed by atoms with van der Waals surface area (Å²) in [5, 5.41) is 3.22. The molecule has 1 rings (SSSR count). The van der Waals surface area contributed by atoms with E-state index in [1.54, 1.807) is 6.07 Å². The van der Waals surface area contributed by atoms with Gasteiger partial charge in [-0.25, -0.2) is 13.1 Å². The van der Waals surface area contributed by atoms with E-state index in [0.29, 0.717) is 30.3 Å². The molecule has 0 fully saturated rings. The normalized spacial score (nSPS) is 12.1. The lowest BCUT2D eigenvalue weighted by Gasteiger charge is -2.13. The van der Waals surface area contributed by atoms with E-state index >= 15 is 0 Å². The average Bonchev–Trinajstić information content (AvgIpc) is 2.42. The lowest BCUT2D eigenvalue weighted by Crippen LogP contribution is -2.28. The topological polar surface area (TPSA) is 58.2 Å². The Bertz CT molecular complexity index is 525. The molecule has 2 N–H and O–H groups in total. The monoisotopic (exact) mass is 298 g/mol. The van der Waals surface area contributed by atoms with Crippen molar-refractivity contribution in [1.29, 1.82) is 0 Å². The van der Waals surface area contributed by atoms with Gasteiger partial charge in [-0.15, -0.1) is 0 Å². The van der Waals surface area contributed by atoms with Gasteiger partial charge in [-0.1, -0.05) is 39.8 Å². The van der Waals surface area contributed by atoms with E-state index < -0.39 is 10.0 Å². The summed E-state index contributed by atoms with van der Waals surface area (Å²) in [6, 6.07) is 5.68. The number of hydrogen-bond donors (Lipinski definition) is 2. The van der Waals surface area contributed by atoms with Gasteiger partial charge in [-0.2, -0.15) is 0 Å². The van der Waals surface area contributed by atoms with Gasteiger partial charge in [-0.3, -0.25) is 0 Å². The van der Waals surface area contributed by atoms with Crippen LogP contribution in [0.5, 0.6) is 0 Å². The molecule has 0 saturated carbocycles. The lowest BCUT2D eigenvalue weighted by molar-refractivity contribution is 0.559. The van der Waals surface area contributed by atoms with Crippen LogP contribution in [0.4, 0.5) is 0 Å². The molecule has 0 aromatic heterocycles. The van der Waals surface area contributed by atoms with Crippen LogP contribution >= 0.6 is 0 Å². The van der Waals surface area contributed by atoms with Gasteiger partial charge < -0.3 is 5.32 Å². The number of benzene rings is 1. The predicted molar refractivity (Wildman–Crippen MR) is 83.2 cm³/mol. The molecule has 114 valence electrons. The third-order valence-electron chi connectivity index (χ3n) is 3.06. The summed E-state index contributed by atoms with van der Waals surface area (Å²) in [6.07, 6.45) is 0.708. The summed E-state index contributed by atoms with van der Waals surface area (Å²) in [5.74, 6) is 0.291. The maximum atomic E-state index is 12.4. The van der Waals surface area contributed by atoms with Crippen molar-refractivity contribution in [2.45, 2.75) is 45.6 Å². The van der Waals surface area contributed by atoms with E-state index in [1.165, 1.54) is 0 Å². The minimum atomic E-state index is -3.42. The van der Waals surface area contributed by atoms with Gasteiger partial charge in [-0.05, 0) is 36.1 Å². The van der Waals surface area contributed by atoms with E-state index in [9.17, 15) is 8.42 Å². The molecular weight excluding hydrogens is 272 g/mol. The molecule has 0 aliphatic rings. The highest BCUT2D eigenvalue weighted by molar-refractivity contribution is 7.89. The maximum Gasteiger partial charge on any atom is 0.240 e. The van der Waals surface area contributed by atoms with Gasteiger partial charge >= 0.3 is 0 Å². The molecule has 20 heavy (non-hydrogen) atoms. The quantitative estimate of drug-likeness (QED) is 0.774. The van der Waals surface area contributed by atoms with Crippen LogP contribution in [-0.2, 0) is 23.0 Å². The first-order chi connectivity index (χ1) is 9.40. The van der Waals surface area contributed by atoms with Crippen LogP contribution in [0.15, 0.2) is 23.1 Å². The Balaban J connectivity index is 3.06. The zero-order valence-corrected chi connectivity index (χ0v) is 13.7. The van der Waals surface area contributed by atoms with Crippen LogP contribution in [0, 0.1) is 5.92 Å². The van der Waals surface area contributed by atoms with Crippen LogP contribution < -0.4 is 10.0 Å². The first kappa shape index (κ1) is 17.1. The van der Waals surface area contributed by atoms with Crippen molar-refractivity contribution in [3.05, 3.63) is 29.3 Å². The summed E-state index contributed by atoms with van der Waals surface area (Å²) < 4.78 is 27.5. The van der Waals surface area contributed by atoms with Crippen molar-refractivity contribution in [2.75, 3.05) is 13.1 Å². The zero-order valence-electron chi connectivity index (χ0n) is 12.9. The molecule has 0 bridgehead atoms. The maximum absolute atomic E-state index is 12.4. The van der Waals surface area contributed by atoms with Crippen molar-refractivity contribution >= 4 is 10.0 Å². The summed E-state index contributed by atoms with van der Waals surface area (Å²) in [7, 11) is -3.42. The van der Waals surface area contributed by atoms with Crippen LogP contribution in [0.25, 0.3) is 0 Å². The number of rotatable bonds is 8. The highest BCUT2D eigenvalue weighted by atomic mass is 32.2. The smallest absolute Gasteiger partial charge is 0.240 e. The molecule has 1 aromatic carbocycles. The largest absolute Gasteiger partial charge is 0.313 e. The van der Waals surface area contributed by atoms with Crippen LogP contribution in [0.3, 0.4) is 0 Å². The summed E-state index contributed by atoms with van der Waals surface area (Å²) in [6.45, 7) is 10.00. The molecular formula is C15H26N2O2S. The number of sulfonamides is 1. The van der Waals surface area contributed by atoms with Crippen LogP contribution in [-0.4, -0.2) is 21.5 Å². The second kappa shape index (κ2) is 7.76. The van der Waals surface area contributed by atoms with E-state index in [4.69, 9.17) is 0 Å². The molecule has 0 radical (unpaired) electrons. The minimum absolute atomic E-state index is 0.291. The second-order valence-electron chi connectivity index (χ2n) is 5.32. The predicted octanol–water partition coefficient (Wildman–Crippen LogP) is 2.29. The number of aryl methyl sites for hydroxylation is 1. The molecule has 0 unspecified atom stereocenters. The summed E-state index contributed by atoms with van der Waals surface area (Å²) in [5.41, 5.74) is 1.86. The Hall–Kier alpha value is -0.910. The first-order valence-corrected chi connectivity index (χ1v) is 8.71. The average molecular weight is 298 g/mol. The van der Waals surface area contributed by atoms with E-state index in [0.717, 1.165) is 17.7 Å². The number of nitrogens with one attached hydrogen (secondary N) is 2. The first-order valence-electron chi connectivity index (χ1n) is 7.22. The van der Waals surface area contributed by atoms with Crippen molar-refractivity contribution in [3.63, 3.8) is 0 Å². The van der Waals surface area contributed by atoms with Gasteiger partial charge in [0.05, 0.1) is 4.90 Å². The fraction of sp³-hybridized carbons (Fsp3) is 0.600. The van der Waals surface area contributed by atoms with Crippen molar-refractivity contribution in [2.24, 2.45) is 5.92 Å². The second-order valence-corrected chi connectivity index (χ2v) is 7.06. The van der Waals surface area contributed by atoms with Gasteiger partial charge in [0.25, 0.3) is 0 Å². The highest BCUT2D eigenvalue weighted by Gasteiger charge is 2.18. The van der Waals surface area contributed by atoms with Crippen molar-refractivity contribution in [3.8, 4) is 0 Å². The zero-order chi connectivity index (χ0) is 15.2. The molecule has 0 atom stereocenters. The van der Waals surface area contributed by atoms with Crippen molar-refractivity contribution in [1.82, 2.24) is 10.0 Å². The molecule has 0 heterocycles. The molecule has 0 aliphatic heterocycles. The fourth-order valence-corrected chi connectivity index (χ4v) is 3.45. The Morgan fingerprint density at radius 2 is 1.90 bits per heavy atom. The van der Waals surface area contributed by atoms with Gasteiger partial charge in [0.1, 0.15) is 0 Å². The Kier molecular flexibility index (Phi) is 6.65. The summed E-state index contributed by atoms with van der Waals surface area (Å²) in [4.78, 5) is 0.413. The minimum Gasteiger partial charge on any atom is -0.313 e. The highest BCUT2D eigenvalue weighted by Crippen LogP contribution is 2.18. The standard InChI is InChI=1S/C15H26N2O2S/c1-5-14-8-7-13(11-16-6-2)9-15(14)20(18,19)17-10-12(3)4/h7-9,12,16-17H,5-6,10-11H2,1-4H3. The third-order valence-corrected chi connectivity index (χ3v) is 4.57. The molecule has 0 saturated heterocycles. The molecule has 5 heteroatoms. The molecule has 0 aliphatic carbocycles. The molecule has 0 spiro atoms. The third kappa shape index (κ3) is 4.89. The SMILES string of the molecule is CCNCc1ccc(CC)c(S(=O)(=O)NCC(C)C)c1. The van der Waals surface area contributed by atoms with E-state index in [1.807, 2.05) is 39.8 Å². The van der Waals surface area contributed by atoms with E-state index in [-0.39, 0.29) is 0 Å². The van der Waals surface area contributed by atoms with E-state index in [2.05, 4.69) is 10.0 Å². The van der Waals surface area contributed by atoms with Crippen LogP contribution in [0.2, 0.25) is 0 Å². The van der Waals surface area contributed by atoms with Gasteiger partial charge in [0, 0.05) is 13.1 Å². The fourth-order valence-electron chi connectivity index (χ4n) is 1.87. The molecule has 4 nitrogen and oxygen atoms in total. The Morgan fingerprint density at radius 1 is 1.20 bits per heavy atom. The van der Waals surface area contributed by atoms with Crippen molar-refractivity contribution < 1.29 is 8.42 Å². The number of hydrogen-bond acceptors (Lipinski definition) is 3. The molecule has 1 aromatic rings.